The van der Waals surface area contributed by atoms with E-state index in [9.17, 15) is 22.4 Å². The second kappa shape index (κ2) is 9.38. The number of fused-ring (bicyclic) bond motifs is 1. The Bertz CT molecular complexity index is 1250. The lowest BCUT2D eigenvalue weighted by atomic mass is 10.2. The number of aromatic nitrogens is 4. The summed E-state index contributed by atoms with van der Waals surface area (Å²) in [5.74, 6) is 5.32. The van der Waals surface area contributed by atoms with Crippen molar-refractivity contribution in [1.82, 2.24) is 25.1 Å². The lowest BCUT2D eigenvalue weighted by Gasteiger charge is -2.29. The van der Waals surface area contributed by atoms with Crippen LogP contribution in [0.2, 0.25) is 0 Å². The number of ether oxygens (including phenoxy) is 1. The molecule has 0 bridgehead atoms. The molecule has 34 heavy (non-hydrogen) atoms. The van der Waals surface area contributed by atoms with Gasteiger partial charge in [-0.05, 0) is 25.1 Å². The molecule has 3 aromatic heterocycles. The summed E-state index contributed by atoms with van der Waals surface area (Å²) in [4.78, 5) is 22.5. The zero-order valence-corrected chi connectivity index (χ0v) is 17.8. The molecule has 1 aliphatic rings. The van der Waals surface area contributed by atoms with Crippen molar-refractivity contribution in [3.05, 3.63) is 65.6 Å². The maximum Gasteiger partial charge on any atom is 0.408 e. The van der Waals surface area contributed by atoms with E-state index >= 15 is 0 Å². The van der Waals surface area contributed by atoms with Crippen LogP contribution in [0.15, 0.2) is 43.0 Å². The first-order valence-electron chi connectivity index (χ1n) is 10.1. The summed E-state index contributed by atoms with van der Waals surface area (Å²) in [6, 6.07) is 3.44. The molecule has 2 amide bonds. The van der Waals surface area contributed by atoms with Gasteiger partial charge in [-0.2, -0.15) is 18.3 Å². The second-order valence-electron chi connectivity index (χ2n) is 7.41. The van der Waals surface area contributed by atoms with E-state index in [4.69, 9.17) is 4.74 Å². The van der Waals surface area contributed by atoms with Gasteiger partial charge in [-0.1, -0.05) is 11.8 Å². The Kier molecular flexibility index (Phi) is 6.36. The Morgan fingerprint density at radius 1 is 1.21 bits per heavy atom. The Morgan fingerprint density at radius 2 is 2.00 bits per heavy atom. The van der Waals surface area contributed by atoms with Gasteiger partial charge in [-0.3, -0.25) is 14.6 Å². The third kappa shape index (κ3) is 5.61. The monoisotopic (exact) mass is 474 g/mol. The van der Waals surface area contributed by atoms with Gasteiger partial charge in [0.25, 0.3) is 0 Å². The van der Waals surface area contributed by atoms with Crippen LogP contribution in [-0.2, 0) is 6.54 Å². The molecule has 8 nitrogen and oxygen atoms in total. The third-order valence-electron chi connectivity index (χ3n) is 4.78. The first-order chi connectivity index (χ1) is 16.2. The van der Waals surface area contributed by atoms with Crippen molar-refractivity contribution in [3.63, 3.8) is 0 Å². The molecule has 1 N–H and O–H groups in total. The molecular formula is C22H18F4N6O2. The lowest BCUT2D eigenvalue weighted by molar-refractivity contribution is -0.142. The normalized spacial score (nSPS) is 13.9. The maximum absolute atomic E-state index is 13.1. The Hall–Kier alpha value is -4.14. The van der Waals surface area contributed by atoms with Crippen molar-refractivity contribution in [2.75, 3.05) is 18.1 Å². The highest BCUT2D eigenvalue weighted by Gasteiger charge is 2.28. The van der Waals surface area contributed by atoms with Gasteiger partial charge in [0.15, 0.2) is 0 Å². The van der Waals surface area contributed by atoms with Crippen LogP contribution >= 0.6 is 0 Å². The zero-order valence-electron chi connectivity index (χ0n) is 17.8. The standard InChI is InChI=1S/C22H18F4N6O2/c1-14(18-5-4-17(23)11-27-18)30-21(33)32-6-7-34-20-19(32)8-15(9-28-20)2-3-16-10-29-31(12-16)13-22(24,25)26/h4-5,8-12,14H,6-7,13H2,1H3,(H,30,33)/t14-/m0/s1. The highest BCUT2D eigenvalue weighted by atomic mass is 19.4. The fourth-order valence-electron chi connectivity index (χ4n) is 3.20. The van der Waals surface area contributed by atoms with Crippen LogP contribution < -0.4 is 15.0 Å². The molecular weight excluding hydrogens is 456 g/mol. The quantitative estimate of drug-likeness (QED) is 0.465. The number of halogens is 4. The molecule has 12 heteroatoms. The number of anilines is 1. The van der Waals surface area contributed by atoms with Crippen molar-refractivity contribution in [3.8, 4) is 17.7 Å². The SMILES string of the molecule is C[C@H](NC(=O)N1CCOc2ncc(C#Cc3cnn(CC(F)(F)F)c3)cc21)c1ccc(F)cn1. The number of carbonyl (C=O) groups is 1. The second-order valence-corrected chi connectivity index (χ2v) is 7.41. The number of hydrogen-bond donors (Lipinski definition) is 1. The number of nitrogens with one attached hydrogen (secondary N) is 1. The first-order valence-corrected chi connectivity index (χ1v) is 10.1. The predicted molar refractivity (Wildman–Crippen MR) is 112 cm³/mol. The summed E-state index contributed by atoms with van der Waals surface area (Å²) in [6.45, 7) is 1.01. The number of nitrogens with zero attached hydrogens (tertiary/aromatic N) is 5. The van der Waals surface area contributed by atoms with Gasteiger partial charge in [-0.25, -0.2) is 14.2 Å². The molecule has 1 atom stereocenters. The third-order valence-corrected chi connectivity index (χ3v) is 4.78. The number of amides is 2. The van der Waals surface area contributed by atoms with Crippen LogP contribution in [0.1, 0.15) is 29.8 Å². The van der Waals surface area contributed by atoms with Crippen LogP contribution in [0.5, 0.6) is 5.88 Å². The summed E-state index contributed by atoms with van der Waals surface area (Å²) in [6.07, 6.45) is 0.563. The van der Waals surface area contributed by atoms with Crippen LogP contribution in [0.3, 0.4) is 0 Å². The lowest BCUT2D eigenvalue weighted by Crippen LogP contribution is -2.45. The molecule has 4 rings (SSSR count). The molecule has 0 aromatic carbocycles. The van der Waals surface area contributed by atoms with Gasteiger partial charge in [0, 0.05) is 18.0 Å². The average Bonchev–Trinajstić information content (AvgIpc) is 3.23. The first kappa shape index (κ1) is 23.0. The Balaban J connectivity index is 1.50. The minimum absolute atomic E-state index is 0.236. The molecule has 0 saturated heterocycles. The van der Waals surface area contributed by atoms with Gasteiger partial charge in [-0.15, -0.1) is 0 Å². The van der Waals surface area contributed by atoms with E-state index in [1.54, 1.807) is 13.0 Å². The summed E-state index contributed by atoms with van der Waals surface area (Å²) >= 11 is 0. The fraction of sp³-hybridized carbons (Fsp3) is 0.273. The van der Waals surface area contributed by atoms with Gasteiger partial charge >= 0.3 is 12.2 Å². The van der Waals surface area contributed by atoms with E-state index in [-0.39, 0.29) is 19.0 Å². The molecule has 0 spiro atoms. The predicted octanol–water partition coefficient (Wildman–Crippen LogP) is 3.44. The van der Waals surface area contributed by atoms with Crippen LogP contribution in [0, 0.1) is 17.7 Å². The van der Waals surface area contributed by atoms with E-state index in [0.29, 0.717) is 22.5 Å². The summed E-state index contributed by atoms with van der Waals surface area (Å²) < 4.78 is 56.8. The van der Waals surface area contributed by atoms with Crippen molar-refractivity contribution in [2.45, 2.75) is 25.7 Å². The molecule has 0 radical (unpaired) electrons. The van der Waals surface area contributed by atoms with Crippen LogP contribution in [-0.4, -0.2) is 45.1 Å². The van der Waals surface area contributed by atoms with Crippen molar-refractivity contribution in [2.24, 2.45) is 0 Å². The molecule has 0 fully saturated rings. The van der Waals surface area contributed by atoms with Crippen LogP contribution in [0.4, 0.5) is 28.0 Å². The van der Waals surface area contributed by atoms with Crippen molar-refractivity contribution in [1.29, 1.82) is 0 Å². The van der Waals surface area contributed by atoms with Crippen LogP contribution in [0.25, 0.3) is 0 Å². The van der Waals surface area contributed by atoms with E-state index < -0.39 is 30.6 Å². The van der Waals surface area contributed by atoms with E-state index in [1.807, 2.05) is 0 Å². The smallest absolute Gasteiger partial charge is 0.408 e. The molecule has 4 heterocycles. The number of alkyl halides is 3. The molecule has 0 aliphatic carbocycles. The number of carbonyl (C=O) groups excluding carboxylic acids is 1. The number of pyridine rings is 2. The maximum atomic E-state index is 13.1. The Morgan fingerprint density at radius 3 is 2.74 bits per heavy atom. The molecule has 176 valence electrons. The van der Waals surface area contributed by atoms with Gasteiger partial charge < -0.3 is 10.1 Å². The van der Waals surface area contributed by atoms with E-state index in [1.165, 1.54) is 35.6 Å². The highest BCUT2D eigenvalue weighted by molar-refractivity contribution is 5.94. The largest absolute Gasteiger partial charge is 0.474 e. The number of hydrogen-bond acceptors (Lipinski definition) is 5. The highest BCUT2D eigenvalue weighted by Crippen LogP contribution is 2.30. The summed E-state index contributed by atoms with van der Waals surface area (Å²) in [7, 11) is 0. The van der Waals surface area contributed by atoms with Gasteiger partial charge in [0.2, 0.25) is 5.88 Å². The van der Waals surface area contributed by atoms with E-state index in [2.05, 4.69) is 32.2 Å². The van der Waals surface area contributed by atoms with Gasteiger partial charge in [0.05, 0.1) is 36.2 Å². The van der Waals surface area contributed by atoms with Crippen molar-refractivity contribution >= 4 is 11.7 Å². The molecule has 0 saturated carbocycles. The summed E-state index contributed by atoms with van der Waals surface area (Å²) in [5.41, 5.74) is 1.61. The number of rotatable bonds is 3. The molecule has 0 unspecified atom stereocenters. The number of urea groups is 1. The fourth-order valence-corrected chi connectivity index (χ4v) is 3.20. The van der Waals surface area contributed by atoms with Crippen molar-refractivity contribution < 1.29 is 27.1 Å². The minimum Gasteiger partial charge on any atom is -0.474 e. The molecule has 1 aliphatic heterocycles. The minimum atomic E-state index is -4.38. The molecule has 3 aromatic rings. The Labute approximate surface area is 191 Å². The van der Waals surface area contributed by atoms with E-state index in [0.717, 1.165) is 10.9 Å². The summed E-state index contributed by atoms with van der Waals surface area (Å²) in [5, 5.41) is 6.45. The zero-order chi connectivity index (χ0) is 24.3. The topological polar surface area (TPSA) is 85.2 Å². The van der Waals surface area contributed by atoms with Gasteiger partial charge in [0.1, 0.15) is 24.7 Å². The average molecular weight is 474 g/mol.